The van der Waals surface area contributed by atoms with Crippen LogP contribution in [-0.2, 0) is 0 Å². The Labute approximate surface area is 189 Å². The zero-order chi connectivity index (χ0) is 22.2. The van der Waals surface area contributed by atoms with E-state index in [-0.39, 0.29) is 0 Å². The quantitative estimate of drug-likeness (QED) is 0.373. The van der Waals surface area contributed by atoms with Crippen LogP contribution < -0.4 is 9.47 Å². The van der Waals surface area contributed by atoms with Gasteiger partial charge in [-0.15, -0.1) is 0 Å². The van der Waals surface area contributed by atoms with Gasteiger partial charge in [0.1, 0.15) is 11.5 Å². The van der Waals surface area contributed by atoms with Gasteiger partial charge in [-0.25, -0.2) is 0 Å². The number of ether oxygens (including phenoxy) is 2. The van der Waals surface area contributed by atoms with Crippen molar-refractivity contribution < 1.29 is 9.47 Å². The molecule has 0 saturated carbocycles. The second-order valence-electron chi connectivity index (χ2n) is 7.05. The van der Waals surface area contributed by atoms with Crippen LogP contribution in [0.5, 0.6) is 11.5 Å². The lowest BCUT2D eigenvalue weighted by Crippen LogP contribution is -1.89. The molecule has 0 fully saturated rings. The fourth-order valence-corrected chi connectivity index (χ4v) is 3.28. The van der Waals surface area contributed by atoms with Crippen LogP contribution in [0, 0.1) is 23.7 Å². The highest BCUT2D eigenvalue weighted by Gasteiger charge is 2.06. The van der Waals surface area contributed by atoms with Gasteiger partial charge in [-0.05, 0) is 71.8 Å². The summed E-state index contributed by atoms with van der Waals surface area (Å²) in [5.41, 5.74) is 5.92. The molecule has 4 rings (SSSR count). The predicted octanol–water partition coefficient (Wildman–Crippen LogP) is 6.17. The molecule has 0 atom stereocenters. The largest absolute Gasteiger partial charge is 0.497 e. The summed E-state index contributed by atoms with van der Waals surface area (Å²) in [6, 6.07) is 31.8. The van der Waals surface area contributed by atoms with Gasteiger partial charge in [0.2, 0.25) is 0 Å². The van der Waals surface area contributed by atoms with Crippen LogP contribution in [0.3, 0.4) is 0 Å². The van der Waals surface area contributed by atoms with Gasteiger partial charge in [0.05, 0.1) is 14.2 Å². The maximum atomic E-state index is 5.22. The molecule has 0 amide bonds. The maximum Gasteiger partial charge on any atom is 0.118 e. The molecule has 0 aromatic heterocycles. The first-order chi connectivity index (χ1) is 15.8. The molecule has 0 aliphatic carbocycles. The third-order valence-corrected chi connectivity index (χ3v) is 5.01. The summed E-state index contributed by atoms with van der Waals surface area (Å²) in [5, 5.41) is 0. The van der Waals surface area contributed by atoms with Gasteiger partial charge in [-0.1, -0.05) is 60.1 Å². The van der Waals surface area contributed by atoms with Gasteiger partial charge in [0.15, 0.2) is 0 Å². The Hall–Kier alpha value is -4.40. The summed E-state index contributed by atoms with van der Waals surface area (Å²) in [7, 11) is 3.32. The van der Waals surface area contributed by atoms with Crippen molar-refractivity contribution in [1.82, 2.24) is 0 Å². The van der Waals surface area contributed by atoms with Gasteiger partial charge in [-0.2, -0.15) is 0 Å². The van der Waals surface area contributed by atoms with Crippen molar-refractivity contribution in [1.29, 1.82) is 0 Å². The first-order valence-corrected chi connectivity index (χ1v) is 10.3. The molecule has 2 heteroatoms. The molecule has 154 valence electrons. The second-order valence-corrected chi connectivity index (χ2v) is 7.05. The van der Waals surface area contributed by atoms with Crippen LogP contribution in [0.25, 0.3) is 11.1 Å². The van der Waals surface area contributed by atoms with E-state index in [2.05, 4.69) is 35.8 Å². The first-order valence-electron chi connectivity index (χ1n) is 10.3. The van der Waals surface area contributed by atoms with Crippen LogP contribution in [0.4, 0.5) is 0 Å². The average Bonchev–Trinajstić information content (AvgIpc) is 2.87. The van der Waals surface area contributed by atoms with Crippen LogP contribution >= 0.6 is 0 Å². The zero-order valence-corrected chi connectivity index (χ0v) is 18.1. The van der Waals surface area contributed by atoms with E-state index in [0.717, 1.165) is 44.9 Å². The second kappa shape index (κ2) is 10.1. The van der Waals surface area contributed by atoms with Crippen molar-refractivity contribution in [2.45, 2.75) is 0 Å². The number of methoxy groups -OCH3 is 2. The summed E-state index contributed by atoms with van der Waals surface area (Å²) >= 11 is 0. The Balaban J connectivity index is 1.68. The Bertz CT molecular complexity index is 1220. The van der Waals surface area contributed by atoms with Gasteiger partial charge in [0, 0.05) is 22.3 Å². The third-order valence-electron chi connectivity index (χ3n) is 5.01. The highest BCUT2D eigenvalue weighted by Crippen LogP contribution is 2.26. The molecular weight excluding hydrogens is 392 g/mol. The molecule has 0 radical (unpaired) electrons. The minimum absolute atomic E-state index is 0.820. The Kier molecular flexibility index (Phi) is 6.57. The SMILES string of the molecule is COc1ccc(C#Cc2ccccc2-c2ccccc2C#Cc2ccc(OC)cc2)cc1. The lowest BCUT2D eigenvalue weighted by Gasteiger charge is -2.07. The fourth-order valence-electron chi connectivity index (χ4n) is 3.28. The van der Waals surface area contributed by atoms with E-state index >= 15 is 0 Å². The average molecular weight is 415 g/mol. The van der Waals surface area contributed by atoms with E-state index in [0.29, 0.717) is 0 Å². The highest BCUT2D eigenvalue weighted by molar-refractivity contribution is 5.77. The van der Waals surface area contributed by atoms with Crippen molar-refractivity contribution in [3.05, 3.63) is 119 Å². The van der Waals surface area contributed by atoms with Crippen molar-refractivity contribution >= 4 is 0 Å². The summed E-state index contributed by atoms with van der Waals surface area (Å²) in [6.07, 6.45) is 0. The highest BCUT2D eigenvalue weighted by atomic mass is 16.5. The lowest BCUT2D eigenvalue weighted by molar-refractivity contribution is 0.414. The molecule has 2 nitrogen and oxygen atoms in total. The van der Waals surface area contributed by atoms with E-state index in [1.54, 1.807) is 14.2 Å². The number of benzene rings is 4. The molecule has 0 saturated heterocycles. The molecule has 0 aliphatic heterocycles. The van der Waals surface area contributed by atoms with Crippen molar-refractivity contribution in [3.63, 3.8) is 0 Å². The molecular formula is C30H22O2. The summed E-state index contributed by atoms with van der Waals surface area (Å²) in [6.45, 7) is 0. The van der Waals surface area contributed by atoms with Crippen molar-refractivity contribution in [2.24, 2.45) is 0 Å². The molecule has 0 spiro atoms. The molecule has 0 heterocycles. The van der Waals surface area contributed by atoms with Crippen molar-refractivity contribution in [2.75, 3.05) is 14.2 Å². The van der Waals surface area contributed by atoms with Gasteiger partial charge in [0.25, 0.3) is 0 Å². The van der Waals surface area contributed by atoms with Gasteiger partial charge >= 0.3 is 0 Å². The summed E-state index contributed by atoms with van der Waals surface area (Å²) in [4.78, 5) is 0. The fraction of sp³-hybridized carbons (Fsp3) is 0.0667. The molecule has 4 aromatic carbocycles. The van der Waals surface area contributed by atoms with Crippen LogP contribution in [0.1, 0.15) is 22.3 Å². The normalized spacial score (nSPS) is 9.69. The number of hydrogen-bond acceptors (Lipinski definition) is 2. The third kappa shape index (κ3) is 5.01. The minimum atomic E-state index is 0.820. The van der Waals surface area contributed by atoms with Crippen LogP contribution in [0.2, 0.25) is 0 Å². The molecule has 4 aromatic rings. The summed E-state index contributed by atoms with van der Waals surface area (Å²) < 4.78 is 10.4. The topological polar surface area (TPSA) is 18.5 Å². The molecule has 0 N–H and O–H groups in total. The first kappa shape index (κ1) is 20.9. The van der Waals surface area contributed by atoms with Crippen molar-refractivity contribution in [3.8, 4) is 46.3 Å². The van der Waals surface area contributed by atoms with Gasteiger partial charge < -0.3 is 9.47 Å². The number of rotatable bonds is 3. The van der Waals surface area contributed by atoms with E-state index in [1.807, 2.05) is 84.9 Å². The monoisotopic (exact) mass is 414 g/mol. The Morgan fingerprint density at radius 2 is 0.812 bits per heavy atom. The molecule has 32 heavy (non-hydrogen) atoms. The van der Waals surface area contributed by atoms with Crippen LogP contribution in [-0.4, -0.2) is 14.2 Å². The van der Waals surface area contributed by atoms with E-state index in [9.17, 15) is 0 Å². The smallest absolute Gasteiger partial charge is 0.118 e. The summed E-state index contributed by atoms with van der Waals surface area (Å²) in [5.74, 6) is 14.8. The zero-order valence-electron chi connectivity index (χ0n) is 18.1. The van der Waals surface area contributed by atoms with E-state index < -0.39 is 0 Å². The molecule has 0 bridgehead atoms. The number of hydrogen-bond donors (Lipinski definition) is 0. The lowest BCUT2D eigenvalue weighted by atomic mass is 9.95. The standard InChI is InChI=1S/C30H22O2/c1-31-27-19-13-23(14-20-27)11-17-25-7-3-5-9-29(25)30-10-6-4-8-26(30)18-12-24-15-21-28(32-2)22-16-24/h3-10,13-16,19-22H,1-2H3. The minimum Gasteiger partial charge on any atom is -0.497 e. The van der Waals surface area contributed by atoms with E-state index in [1.165, 1.54) is 0 Å². The molecule has 0 unspecified atom stereocenters. The van der Waals surface area contributed by atoms with E-state index in [4.69, 9.17) is 9.47 Å². The Morgan fingerprint density at radius 1 is 0.438 bits per heavy atom. The predicted molar refractivity (Wildman–Crippen MR) is 130 cm³/mol. The molecule has 0 aliphatic rings. The van der Waals surface area contributed by atoms with Crippen LogP contribution in [0.15, 0.2) is 97.1 Å². The Morgan fingerprint density at radius 3 is 1.19 bits per heavy atom. The van der Waals surface area contributed by atoms with Gasteiger partial charge in [-0.3, -0.25) is 0 Å². The maximum absolute atomic E-state index is 5.22.